The van der Waals surface area contributed by atoms with E-state index >= 15 is 0 Å². The lowest BCUT2D eigenvalue weighted by atomic mass is 9.85. The number of rotatable bonds is 5. The van der Waals surface area contributed by atoms with Gasteiger partial charge < -0.3 is 24.3 Å². The van der Waals surface area contributed by atoms with Gasteiger partial charge in [-0.2, -0.15) is 0 Å². The van der Waals surface area contributed by atoms with Crippen LogP contribution in [-0.2, 0) is 25.6 Å². The summed E-state index contributed by atoms with van der Waals surface area (Å²) in [7, 11) is 0. The van der Waals surface area contributed by atoms with Crippen LogP contribution in [-0.4, -0.2) is 37.9 Å². The monoisotopic (exact) mass is 363 g/mol. The van der Waals surface area contributed by atoms with E-state index in [0.717, 1.165) is 5.56 Å². The van der Waals surface area contributed by atoms with E-state index in [-0.39, 0.29) is 17.4 Å². The van der Waals surface area contributed by atoms with Crippen molar-refractivity contribution in [1.82, 2.24) is 5.32 Å². The summed E-state index contributed by atoms with van der Waals surface area (Å²) in [4.78, 5) is 12.4. The Morgan fingerprint density at radius 3 is 2.27 bits per heavy atom. The molecule has 0 aromatic heterocycles. The number of ether oxygens (including phenoxy) is 4. The summed E-state index contributed by atoms with van der Waals surface area (Å²) in [5.74, 6) is -1.24. The molecule has 3 heterocycles. The molecule has 2 bridgehead atoms. The van der Waals surface area contributed by atoms with E-state index in [9.17, 15) is 4.79 Å². The maximum absolute atomic E-state index is 12.4. The molecule has 3 fully saturated rings. The molecule has 0 spiro atoms. The van der Waals surface area contributed by atoms with Gasteiger partial charge in [0.15, 0.2) is 0 Å². The van der Waals surface area contributed by atoms with Gasteiger partial charge in [0.1, 0.15) is 12.6 Å². The van der Waals surface area contributed by atoms with Crippen molar-refractivity contribution in [2.45, 2.75) is 52.7 Å². The Morgan fingerprint density at radius 1 is 1.15 bits per heavy atom. The zero-order chi connectivity index (χ0) is 18.8. The van der Waals surface area contributed by atoms with Crippen molar-refractivity contribution in [2.24, 2.45) is 10.8 Å². The maximum atomic E-state index is 12.4. The number of nitrogens with one attached hydrogen (secondary N) is 1. The first-order valence-corrected chi connectivity index (χ1v) is 9.09. The molecule has 3 aliphatic rings. The van der Waals surface area contributed by atoms with Crippen LogP contribution in [0.2, 0.25) is 0 Å². The summed E-state index contributed by atoms with van der Waals surface area (Å²) < 4.78 is 23.1. The number of alkyl carbamates (subject to hydrolysis) is 1. The van der Waals surface area contributed by atoms with Crippen molar-refractivity contribution in [3.8, 4) is 0 Å². The molecule has 6 nitrogen and oxygen atoms in total. The fraction of sp³-hybridized carbons (Fsp3) is 0.650. The van der Waals surface area contributed by atoms with Crippen molar-refractivity contribution in [2.75, 3.05) is 19.8 Å². The topological polar surface area (TPSA) is 66.0 Å². The van der Waals surface area contributed by atoms with Gasteiger partial charge in [-0.05, 0) is 17.4 Å². The Morgan fingerprint density at radius 2 is 1.73 bits per heavy atom. The largest absolute Gasteiger partial charge is 0.445 e. The lowest BCUT2D eigenvalue weighted by Gasteiger charge is -2.53. The predicted octanol–water partition coefficient (Wildman–Crippen LogP) is 3.45. The number of hydrogen-bond donors (Lipinski definition) is 1. The molecule has 0 saturated carbocycles. The van der Waals surface area contributed by atoms with Crippen molar-refractivity contribution in [3.63, 3.8) is 0 Å². The van der Waals surface area contributed by atoms with Crippen molar-refractivity contribution in [1.29, 1.82) is 0 Å². The molecule has 1 amide bonds. The van der Waals surface area contributed by atoms with E-state index in [2.05, 4.69) is 33.0 Å². The molecule has 3 aliphatic heterocycles. The lowest BCUT2D eigenvalue weighted by molar-refractivity contribution is -0.475. The van der Waals surface area contributed by atoms with Crippen LogP contribution in [0.5, 0.6) is 0 Å². The Bertz CT molecular complexity index is 600. The summed E-state index contributed by atoms with van der Waals surface area (Å²) in [5, 5.41) is 2.91. The first kappa shape index (κ1) is 19.1. The zero-order valence-electron chi connectivity index (χ0n) is 16.0. The highest BCUT2D eigenvalue weighted by Gasteiger charge is 2.56. The van der Waals surface area contributed by atoms with Crippen LogP contribution in [0, 0.1) is 10.8 Å². The molecule has 1 N–H and O–H groups in total. The molecule has 4 rings (SSSR count). The lowest BCUT2D eigenvalue weighted by Crippen LogP contribution is -2.67. The second-order valence-corrected chi connectivity index (χ2v) is 8.80. The van der Waals surface area contributed by atoms with E-state index in [1.165, 1.54) is 0 Å². The maximum Gasteiger partial charge on any atom is 0.407 e. The van der Waals surface area contributed by atoms with Gasteiger partial charge >= 0.3 is 12.1 Å². The average molecular weight is 363 g/mol. The van der Waals surface area contributed by atoms with Crippen molar-refractivity contribution >= 4 is 6.09 Å². The fourth-order valence-electron chi connectivity index (χ4n) is 3.16. The van der Waals surface area contributed by atoms with Crippen LogP contribution in [0.1, 0.15) is 39.7 Å². The van der Waals surface area contributed by atoms with Gasteiger partial charge in [0.2, 0.25) is 0 Å². The molecule has 0 aliphatic carbocycles. The number of carbonyl (C=O) groups is 1. The number of amides is 1. The van der Waals surface area contributed by atoms with E-state index < -0.39 is 18.1 Å². The van der Waals surface area contributed by atoms with Gasteiger partial charge in [-0.25, -0.2) is 4.79 Å². The highest BCUT2D eigenvalue weighted by Crippen LogP contribution is 2.42. The van der Waals surface area contributed by atoms with E-state index in [1.54, 1.807) is 0 Å². The van der Waals surface area contributed by atoms with Crippen molar-refractivity contribution in [3.05, 3.63) is 35.9 Å². The minimum absolute atomic E-state index is 0.0552. The normalized spacial score (nSPS) is 29.2. The number of carbonyl (C=O) groups excluding carboxylic acids is 1. The Labute approximate surface area is 155 Å². The van der Waals surface area contributed by atoms with E-state index in [0.29, 0.717) is 26.2 Å². The first-order valence-electron chi connectivity index (χ1n) is 9.09. The zero-order valence-corrected chi connectivity index (χ0v) is 16.0. The van der Waals surface area contributed by atoms with Crippen LogP contribution in [0.3, 0.4) is 0 Å². The minimum atomic E-state index is -1.24. The first-order chi connectivity index (χ1) is 12.2. The third-order valence-electron chi connectivity index (χ3n) is 4.61. The smallest absolute Gasteiger partial charge is 0.407 e. The van der Waals surface area contributed by atoms with E-state index in [4.69, 9.17) is 18.9 Å². The molecule has 6 heteroatoms. The van der Waals surface area contributed by atoms with Gasteiger partial charge in [-0.3, -0.25) is 0 Å². The van der Waals surface area contributed by atoms with Crippen LogP contribution in [0.25, 0.3) is 0 Å². The third kappa shape index (κ3) is 4.55. The molecule has 1 atom stereocenters. The SMILES string of the molecule is CC(C)(C)C[C@H](NC(=O)OCc1ccccc1)C12OCC(C)(CO1)CO2. The minimum Gasteiger partial charge on any atom is -0.445 e. The molecule has 0 radical (unpaired) electrons. The van der Waals surface area contributed by atoms with Gasteiger partial charge in [-0.15, -0.1) is 0 Å². The second-order valence-electron chi connectivity index (χ2n) is 8.80. The van der Waals surface area contributed by atoms with E-state index in [1.807, 2.05) is 30.3 Å². The summed E-state index contributed by atoms with van der Waals surface area (Å²) in [6.07, 6.45) is 0.122. The molecule has 26 heavy (non-hydrogen) atoms. The summed E-state index contributed by atoms with van der Waals surface area (Å²) in [6.45, 7) is 10.2. The van der Waals surface area contributed by atoms with Gasteiger partial charge in [0.05, 0.1) is 19.8 Å². The molecule has 0 unspecified atom stereocenters. The molecule has 1 aromatic rings. The molecular formula is C20H29NO5. The molecular weight excluding hydrogens is 334 g/mol. The van der Waals surface area contributed by atoms with Crippen LogP contribution < -0.4 is 5.32 Å². The predicted molar refractivity (Wildman–Crippen MR) is 96.3 cm³/mol. The standard InChI is InChI=1S/C20H29NO5/c1-18(2,3)10-16(20-24-12-19(4,13-25-20)14-26-20)21-17(22)23-11-15-8-6-5-7-9-15/h5-9,16H,10-14H2,1-4H3,(H,21,22)/t16-,19?,20?/m0/s1. The highest BCUT2D eigenvalue weighted by molar-refractivity contribution is 5.67. The molecule has 3 saturated heterocycles. The quantitative estimate of drug-likeness (QED) is 0.868. The van der Waals surface area contributed by atoms with Crippen LogP contribution in [0.15, 0.2) is 30.3 Å². The Balaban J connectivity index is 1.65. The third-order valence-corrected chi connectivity index (χ3v) is 4.61. The number of hydrogen-bond acceptors (Lipinski definition) is 5. The van der Waals surface area contributed by atoms with Crippen LogP contribution in [0.4, 0.5) is 4.79 Å². The van der Waals surface area contributed by atoms with Gasteiger partial charge in [-0.1, -0.05) is 58.0 Å². The summed E-state index contributed by atoms with van der Waals surface area (Å²) >= 11 is 0. The average Bonchev–Trinajstić information content (AvgIpc) is 2.60. The number of fused-ring (bicyclic) bond motifs is 3. The Kier molecular flexibility index (Phi) is 5.28. The highest BCUT2D eigenvalue weighted by atomic mass is 16.9. The Hall–Kier alpha value is -1.63. The van der Waals surface area contributed by atoms with Gasteiger partial charge in [0.25, 0.3) is 0 Å². The van der Waals surface area contributed by atoms with Gasteiger partial charge in [0, 0.05) is 5.41 Å². The summed E-state index contributed by atoms with van der Waals surface area (Å²) in [5.41, 5.74) is 0.755. The fourth-order valence-corrected chi connectivity index (χ4v) is 3.16. The summed E-state index contributed by atoms with van der Waals surface area (Å²) in [6, 6.07) is 9.11. The second kappa shape index (κ2) is 7.18. The van der Waals surface area contributed by atoms with Crippen molar-refractivity contribution < 1.29 is 23.7 Å². The molecule has 144 valence electrons. The molecule has 1 aromatic carbocycles. The van der Waals surface area contributed by atoms with Crippen LogP contribution >= 0.6 is 0 Å². The number of benzene rings is 1.